The maximum Gasteiger partial charge on any atom is 0.229 e. The van der Waals surface area contributed by atoms with Crippen LogP contribution in [0, 0.1) is 5.41 Å². The van der Waals surface area contributed by atoms with Crippen molar-refractivity contribution in [2.75, 3.05) is 0 Å². The van der Waals surface area contributed by atoms with Crippen molar-refractivity contribution in [2.45, 2.75) is 19.2 Å². The summed E-state index contributed by atoms with van der Waals surface area (Å²) in [6.45, 7) is 3.76. The highest BCUT2D eigenvalue weighted by Gasteiger charge is 2.44. The number of hydrogen-bond donors (Lipinski definition) is 2. The molecule has 0 radical (unpaired) electrons. The number of amides is 1. The highest BCUT2D eigenvalue weighted by atomic mass is 32.1. The van der Waals surface area contributed by atoms with Gasteiger partial charge < -0.3 is 5.32 Å². The first kappa shape index (κ1) is 5.95. The Kier molecular flexibility index (Phi) is 1.05. The molecule has 1 fully saturated rings. The fraction of sp³-hybridized carbons (Fsp3) is 0.800. The van der Waals surface area contributed by atoms with Crippen LogP contribution in [0.1, 0.15) is 13.8 Å². The molecule has 0 unspecified atom stereocenters. The van der Waals surface area contributed by atoms with Crippen molar-refractivity contribution < 1.29 is 4.79 Å². The van der Waals surface area contributed by atoms with Gasteiger partial charge in [-0.2, -0.15) is 12.6 Å². The number of hydrogen-bond acceptors (Lipinski definition) is 2. The molecule has 1 heterocycles. The van der Waals surface area contributed by atoms with E-state index >= 15 is 0 Å². The molecule has 1 atom stereocenters. The lowest BCUT2D eigenvalue weighted by Crippen LogP contribution is -2.61. The van der Waals surface area contributed by atoms with E-state index in [1.807, 2.05) is 13.8 Å². The maximum atomic E-state index is 10.6. The number of carbonyl (C=O) groups excluding carboxylic acids is 1. The van der Waals surface area contributed by atoms with Crippen LogP contribution >= 0.6 is 12.6 Å². The van der Waals surface area contributed by atoms with E-state index in [-0.39, 0.29) is 16.7 Å². The number of nitrogens with one attached hydrogen (secondary N) is 1. The molecule has 1 aliphatic rings. The Hall–Kier alpha value is -0.180. The summed E-state index contributed by atoms with van der Waals surface area (Å²) in [4.78, 5) is 10.6. The van der Waals surface area contributed by atoms with Crippen LogP contribution in [0.25, 0.3) is 0 Å². The zero-order valence-electron chi connectivity index (χ0n) is 4.93. The molecular weight excluding hydrogens is 122 g/mol. The molecule has 1 aliphatic heterocycles. The zero-order chi connectivity index (χ0) is 6.36. The van der Waals surface area contributed by atoms with E-state index in [1.54, 1.807) is 0 Å². The monoisotopic (exact) mass is 131 g/mol. The lowest BCUT2D eigenvalue weighted by atomic mass is 9.85. The van der Waals surface area contributed by atoms with Gasteiger partial charge in [-0.15, -0.1) is 0 Å². The van der Waals surface area contributed by atoms with Gasteiger partial charge in [0.15, 0.2) is 0 Å². The molecule has 1 saturated heterocycles. The number of carbonyl (C=O) groups is 1. The van der Waals surface area contributed by atoms with Crippen molar-refractivity contribution in [1.29, 1.82) is 0 Å². The molecule has 0 saturated carbocycles. The molecule has 1 N–H and O–H groups in total. The van der Waals surface area contributed by atoms with Crippen molar-refractivity contribution in [3.63, 3.8) is 0 Å². The molecule has 0 aromatic carbocycles. The standard InChI is InChI=1S/C5H9NOS/c1-5(2)3(7)6-4(5)8/h4,8H,1-2H3,(H,6,7)/t4-/m1/s1. The van der Waals surface area contributed by atoms with Gasteiger partial charge in [-0.3, -0.25) is 4.79 Å². The molecule has 8 heavy (non-hydrogen) atoms. The summed E-state index contributed by atoms with van der Waals surface area (Å²) in [6.07, 6.45) is 0. The van der Waals surface area contributed by atoms with Crippen molar-refractivity contribution >= 4 is 18.5 Å². The summed E-state index contributed by atoms with van der Waals surface area (Å²) < 4.78 is 0. The average Bonchev–Trinajstić information content (AvgIpc) is 1.68. The van der Waals surface area contributed by atoms with Crippen LogP contribution in [0.5, 0.6) is 0 Å². The minimum absolute atomic E-state index is 0.0509. The van der Waals surface area contributed by atoms with E-state index < -0.39 is 0 Å². The predicted octanol–water partition coefficient (Wildman–Crippen LogP) is 0.398. The fourth-order valence-electron chi connectivity index (χ4n) is 0.537. The summed E-state index contributed by atoms with van der Waals surface area (Å²) in [5, 5.41) is 2.67. The molecule has 2 nitrogen and oxygen atoms in total. The normalized spacial score (nSPS) is 33.4. The molecule has 46 valence electrons. The smallest absolute Gasteiger partial charge is 0.229 e. The first-order chi connectivity index (χ1) is 3.55. The molecule has 3 heteroatoms. The van der Waals surface area contributed by atoms with Gasteiger partial charge in [-0.25, -0.2) is 0 Å². The first-order valence-corrected chi connectivity index (χ1v) is 3.06. The van der Waals surface area contributed by atoms with Gasteiger partial charge >= 0.3 is 0 Å². The zero-order valence-corrected chi connectivity index (χ0v) is 5.83. The second kappa shape index (κ2) is 1.41. The van der Waals surface area contributed by atoms with E-state index in [4.69, 9.17) is 0 Å². The van der Waals surface area contributed by atoms with Gasteiger partial charge in [0.25, 0.3) is 0 Å². The molecule has 0 spiro atoms. The van der Waals surface area contributed by atoms with E-state index in [9.17, 15) is 4.79 Å². The second-order valence-corrected chi connectivity index (χ2v) is 3.11. The SMILES string of the molecule is CC1(C)C(=O)N[C@@H]1S. The van der Waals surface area contributed by atoms with Crippen molar-refractivity contribution in [2.24, 2.45) is 5.41 Å². The van der Waals surface area contributed by atoms with Crippen molar-refractivity contribution in [3.8, 4) is 0 Å². The number of rotatable bonds is 0. The third-order valence-corrected chi connectivity index (χ3v) is 2.31. The van der Waals surface area contributed by atoms with Crippen LogP contribution < -0.4 is 5.32 Å². The molecule has 1 rings (SSSR count). The summed E-state index contributed by atoms with van der Waals surface area (Å²) >= 11 is 4.09. The summed E-state index contributed by atoms with van der Waals surface area (Å²) in [7, 11) is 0. The van der Waals surface area contributed by atoms with Crippen LogP contribution in [-0.4, -0.2) is 11.3 Å². The van der Waals surface area contributed by atoms with E-state index in [1.165, 1.54) is 0 Å². The van der Waals surface area contributed by atoms with Crippen LogP contribution in [0.2, 0.25) is 0 Å². The van der Waals surface area contributed by atoms with Gasteiger partial charge in [0.05, 0.1) is 10.8 Å². The Balaban J connectivity index is 2.66. The highest BCUT2D eigenvalue weighted by molar-refractivity contribution is 7.81. The number of β-lactam (4-membered cyclic amide) rings is 1. The van der Waals surface area contributed by atoms with Crippen LogP contribution in [0.3, 0.4) is 0 Å². The molecule has 0 bridgehead atoms. The van der Waals surface area contributed by atoms with E-state index in [0.29, 0.717) is 0 Å². The lowest BCUT2D eigenvalue weighted by molar-refractivity contribution is -0.138. The first-order valence-electron chi connectivity index (χ1n) is 2.54. The summed E-state index contributed by atoms with van der Waals surface area (Å²) in [5.74, 6) is 0.0949. The third-order valence-electron chi connectivity index (χ3n) is 1.54. The highest BCUT2D eigenvalue weighted by Crippen LogP contribution is 2.31. The van der Waals surface area contributed by atoms with Crippen LogP contribution in [0.4, 0.5) is 0 Å². The summed E-state index contributed by atoms with van der Waals surface area (Å²) in [5.41, 5.74) is -0.247. The average molecular weight is 131 g/mol. The minimum Gasteiger partial charge on any atom is -0.343 e. The maximum absolute atomic E-state index is 10.6. The van der Waals surface area contributed by atoms with Crippen molar-refractivity contribution in [3.05, 3.63) is 0 Å². The van der Waals surface area contributed by atoms with Gasteiger partial charge in [0.1, 0.15) is 0 Å². The van der Waals surface area contributed by atoms with Gasteiger partial charge in [0.2, 0.25) is 5.91 Å². The predicted molar refractivity (Wildman–Crippen MR) is 34.7 cm³/mol. The Bertz CT molecular complexity index is 132. The van der Waals surface area contributed by atoms with Crippen molar-refractivity contribution in [1.82, 2.24) is 5.32 Å². The molecule has 0 aliphatic carbocycles. The minimum atomic E-state index is -0.247. The quantitative estimate of drug-likeness (QED) is 0.361. The Morgan fingerprint density at radius 3 is 2.25 bits per heavy atom. The fourth-order valence-corrected chi connectivity index (χ4v) is 0.772. The third kappa shape index (κ3) is 0.540. The van der Waals surface area contributed by atoms with E-state index in [2.05, 4.69) is 17.9 Å². The molecule has 0 aromatic heterocycles. The molecular formula is C5H9NOS. The Morgan fingerprint density at radius 2 is 2.25 bits per heavy atom. The lowest BCUT2D eigenvalue weighted by Gasteiger charge is -2.40. The van der Waals surface area contributed by atoms with Gasteiger partial charge in [-0.05, 0) is 13.8 Å². The summed E-state index contributed by atoms with van der Waals surface area (Å²) in [6, 6.07) is 0. The largest absolute Gasteiger partial charge is 0.343 e. The van der Waals surface area contributed by atoms with E-state index in [0.717, 1.165) is 0 Å². The topological polar surface area (TPSA) is 29.1 Å². The van der Waals surface area contributed by atoms with Gasteiger partial charge in [-0.1, -0.05) is 0 Å². The Morgan fingerprint density at radius 1 is 1.75 bits per heavy atom. The molecule has 0 aromatic rings. The molecule has 1 amide bonds. The number of thiol groups is 1. The van der Waals surface area contributed by atoms with Crippen LogP contribution in [-0.2, 0) is 4.79 Å². The van der Waals surface area contributed by atoms with Crippen LogP contribution in [0.15, 0.2) is 0 Å². The second-order valence-electron chi connectivity index (χ2n) is 2.60. The van der Waals surface area contributed by atoms with Gasteiger partial charge in [0, 0.05) is 0 Å². The Labute approximate surface area is 54.1 Å².